The molecule has 1 fully saturated rings. The van der Waals surface area contributed by atoms with Gasteiger partial charge in [0.05, 0.1) is 6.10 Å². The first-order valence-electron chi connectivity index (χ1n) is 4.45. The Balaban J connectivity index is 2.11. The third-order valence-electron chi connectivity index (χ3n) is 2.51. The summed E-state index contributed by atoms with van der Waals surface area (Å²) < 4.78 is 0. The molecule has 0 spiro atoms. The first kappa shape index (κ1) is 7.74. The normalized spacial score (nSPS) is 29.1. The van der Waals surface area contributed by atoms with E-state index in [9.17, 15) is 5.11 Å². The fraction of sp³-hybridized carbons (Fsp3) is 0.500. The predicted molar refractivity (Wildman–Crippen MR) is 46.8 cm³/mol. The Bertz CT molecular complexity index is 247. The molecular formula is C10H13NO. The molecule has 2 rings (SSSR count). The van der Waals surface area contributed by atoms with Gasteiger partial charge in [0.2, 0.25) is 0 Å². The molecule has 0 saturated heterocycles. The summed E-state index contributed by atoms with van der Waals surface area (Å²) in [5, 5.41) is 9.33. The Morgan fingerprint density at radius 3 is 2.83 bits per heavy atom. The highest BCUT2D eigenvalue weighted by Crippen LogP contribution is 2.32. The lowest BCUT2D eigenvalue weighted by Crippen LogP contribution is -2.00. The maximum Gasteiger partial charge on any atom is 0.0546 e. The summed E-state index contributed by atoms with van der Waals surface area (Å²) in [7, 11) is 0. The van der Waals surface area contributed by atoms with Crippen molar-refractivity contribution >= 4 is 0 Å². The molecule has 12 heavy (non-hydrogen) atoms. The molecule has 1 aliphatic carbocycles. The number of nitrogens with zero attached hydrogens (tertiary/aromatic N) is 1. The van der Waals surface area contributed by atoms with Crippen LogP contribution in [0.2, 0.25) is 0 Å². The maximum atomic E-state index is 9.33. The number of hydrogen-bond donors (Lipinski definition) is 1. The summed E-state index contributed by atoms with van der Waals surface area (Å²) in [6.45, 7) is 0. The smallest absolute Gasteiger partial charge is 0.0546 e. The van der Waals surface area contributed by atoms with E-state index in [1.54, 1.807) is 0 Å². The van der Waals surface area contributed by atoms with Crippen LogP contribution >= 0.6 is 0 Å². The van der Waals surface area contributed by atoms with Crippen LogP contribution in [0.25, 0.3) is 0 Å². The Hall–Kier alpha value is -0.890. The van der Waals surface area contributed by atoms with Gasteiger partial charge in [0, 0.05) is 17.8 Å². The highest BCUT2D eigenvalue weighted by atomic mass is 16.3. The molecule has 1 aromatic rings. The van der Waals surface area contributed by atoms with Crippen LogP contribution in [0.4, 0.5) is 0 Å². The number of aliphatic hydroxyl groups is 1. The SMILES string of the molecule is O[C@@H]1CC[C@@H](c2ccccn2)C1. The molecule has 0 aromatic carbocycles. The lowest BCUT2D eigenvalue weighted by atomic mass is 10.0. The Labute approximate surface area is 72.3 Å². The van der Waals surface area contributed by atoms with E-state index in [0.29, 0.717) is 5.92 Å². The van der Waals surface area contributed by atoms with Crippen molar-refractivity contribution in [2.45, 2.75) is 31.3 Å². The molecule has 0 amide bonds. The second kappa shape index (κ2) is 3.23. The zero-order chi connectivity index (χ0) is 8.39. The quantitative estimate of drug-likeness (QED) is 0.683. The summed E-state index contributed by atoms with van der Waals surface area (Å²) in [6.07, 6.45) is 4.62. The molecule has 1 N–H and O–H groups in total. The molecule has 0 unspecified atom stereocenters. The van der Waals surface area contributed by atoms with Crippen LogP contribution in [0.15, 0.2) is 24.4 Å². The van der Waals surface area contributed by atoms with Crippen LogP contribution in [-0.2, 0) is 0 Å². The van der Waals surface area contributed by atoms with Crippen LogP contribution < -0.4 is 0 Å². The minimum Gasteiger partial charge on any atom is -0.393 e. The number of pyridine rings is 1. The molecule has 1 saturated carbocycles. The summed E-state index contributed by atoms with van der Waals surface area (Å²) in [6, 6.07) is 5.98. The van der Waals surface area contributed by atoms with E-state index in [1.807, 2.05) is 24.4 Å². The van der Waals surface area contributed by atoms with Crippen molar-refractivity contribution < 1.29 is 5.11 Å². The van der Waals surface area contributed by atoms with Gasteiger partial charge in [0.1, 0.15) is 0 Å². The van der Waals surface area contributed by atoms with Crippen molar-refractivity contribution in [2.24, 2.45) is 0 Å². The van der Waals surface area contributed by atoms with Crippen molar-refractivity contribution in [3.8, 4) is 0 Å². The molecule has 0 bridgehead atoms. The lowest BCUT2D eigenvalue weighted by Gasteiger charge is -2.06. The number of hydrogen-bond acceptors (Lipinski definition) is 2. The molecule has 0 radical (unpaired) electrons. The van der Waals surface area contributed by atoms with Gasteiger partial charge in [-0.25, -0.2) is 0 Å². The van der Waals surface area contributed by atoms with Gasteiger partial charge in [0.15, 0.2) is 0 Å². The molecule has 1 aliphatic rings. The maximum absolute atomic E-state index is 9.33. The predicted octanol–water partition coefficient (Wildman–Crippen LogP) is 1.71. The molecule has 1 heterocycles. The Morgan fingerprint density at radius 2 is 2.25 bits per heavy atom. The van der Waals surface area contributed by atoms with Gasteiger partial charge in [0.25, 0.3) is 0 Å². The van der Waals surface area contributed by atoms with Crippen molar-refractivity contribution in [3.63, 3.8) is 0 Å². The van der Waals surface area contributed by atoms with Gasteiger partial charge >= 0.3 is 0 Å². The first-order valence-corrected chi connectivity index (χ1v) is 4.45. The molecule has 1 aromatic heterocycles. The van der Waals surface area contributed by atoms with Gasteiger partial charge in [-0.1, -0.05) is 6.07 Å². The van der Waals surface area contributed by atoms with Crippen LogP contribution in [-0.4, -0.2) is 16.2 Å². The van der Waals surface area contributed by atoms with E-state index < -0.39 is 0 Å². The highest BCUT2D eigenvalue weighted by Gasteiger charge is 2.24. The van der Waals surface area contributed by atoms with Crippen LogP contribution in [0, 0.1) is 0 Å². The second-order valence-electron chi connectivity index (χ2n) is 3.42. The molecular weight excluding hydrogens is 150 g/mol. The van der Waals surface area contributed by atoms with Gasteiger partial charge in [-0.3, -0.25) is 4.98 Å². The Morgan fingerprint density at radius 1 is 1.33 bits per heavy atom. The molecule has 2 heteroatoms. The van der Waals surface area contributed by atoms with E-state index in [2.05, 4.69) is 4.98 Å². The zero-order valence-electron chi connectivity index (χ0n) is 6.98. The Kier molecular flexibility index (Phi) is 2.09. The van der Waals surface area contributed by atoms with Crippen molar-refractivity contribution in [1.82, 2.24) is 4.98 Å². The van der Waals surface area contributed by atoms with Crippen LogP contribution in [0.1, 0.15) is 30.9 Å². The van der Waals surface area contributed by atoms with Gasteiger partial charge in [-0.05, 0) is 31.4 Å². The fourth-order valence-electron chi connectivity index (χ4n) is 1.84. The van der Waals surface area contributed by atoms with E-state index >= 15 is 0 Å². The number of rotatable bonds is 1. The monoisotopic (exact) mass is 163 g/mol. The third-order valence-corrected chi connectivity index (χ3v) is 2.51. The van der Waals surface area contributed by atoms with Gasteiger partial charge < -0.3 is 5.11 Å². The zero-order valence-corrected chi connectivity index (χ0v) is 6.98. The van der Waals surface area contributed by atoms with E-state index in [1.165, 1.54) is 0 Å². The summed E-state index contributed by atoms with van der Waals surface area (Å²) in [5.41, 5.74) is 1.13. The van der Waals surface area contributed by atoms with Crippen molar-refractivity contribution in [3.05, 3.63) is 30.1 Å². The van der Waals surface area contributed by atoms with Crippen molar-refractivity contribution in [2.75, 3.05) is 0 Å². The van der Waals surface area contributed by atoms with Gasteiger partial charge in [-0.2, -0.15) is 0 Å². The van der Waals surface area contributed by atoms with E-state index in [0.717, 1.165) is 25.0 Å². The van der Waals surface area contributed by atoms with Crippen LogP contribution in [0.5, 0.6) is 0 Å². The molecule has 2 nitrogen and oxygen atoms in total. The van der Waals surface area contributed by atoms with E-state index in [-0.39, 0.29) is 6.10 Å². The third kappa shape index (κ3) is 1.48. The largest absolute Gasteiger partial charge is 0.393 e. The molecule has 64 valence electrons. The standard InChI is InChI=1S/C10H13NO/c12-9-5-4-8(7-9)10-3-1-2-6-11-10/h1-3,6,8-9,12H,4-5,7H2/t8-,9-/m1/s1. The fourth-order valence-corrected chi connectivity index (χ4v) is 1.84. The summed E-state index contributed by atoms with van der Waals surface area (Å²) in [5.74, 6) is 0.487. The topological polar surface area (TPSA) is 33.1 Å². The molecule has 2 atom stereocenters. The van der Waals surface area contributed by atoms with Gasteiger partial charge in [-0.15, -0.1) is 0 Å². The number of aromatic nitrogens is 1. The van der Waals surface area contributed by atoms with Crippen LogP contribution in [0.3, 0.4) is 0 Å². The summed E-state index contributed by atoms with van der Waals surface area (Å²) in [4.78, 5) is 4.28. The van der Waals surface area contributed by atoms with E-state index in [4.69, 9.17) is 0 Å². The number of aliphatic hydroxyl groups excluding tert-OH is 1. The second-order valence-corrected chi connectivity index (χ2v) is 3.42. The van der Waals surface area contributed by atoms with Crippen molar-refractivity contribution in [1.29, 1.82) is 0 Å². The molecule has 0 aliphatic heterocycles. The minimum absolute atomic E-state index is 0.1000. The highest BCUT2D eigenvalue weighted by molar-refractivity contribution is 5.11. The lowest BCUT2D eigenvalue weighted by molar-refractivity contribution is 0.181. The minimum atomic E-state index is -0.1000. The average molecular weight is 163 g/mol. The first-order chi connectivity index (χ1) is 5.86. The average Bonchev–Trinajstić information content (AvgIpc) is 2.54. The summed E-state index contributed by atoms with van der Waals surface area (Å²) >= 11 is 0.